The fourth-order valence-electron chi connectivity index (χ4n) is 2.35. The molecule has 0 amide bonds. The van der Waals surface area contributed by atoms with Crippen molar-refractivity contribution in [3.63, 3.8) is 0 Å². The smallest absolute Gasteiger partial charge is 0.0928 e. The molecule has 2 nitrogen and oxygen atoms in total. The summed E-state index contributed by atoms with van der Waals surface area (Å²) in [6.45, 7) is 1.99. The zero-order chi connectivity index (χ0) is 8.06. The largest absolute Gasteiger partial charge is 0.387 e. The first-order chi connectivity index (χ1) is 5.12. The van der Waals surface area contributed by atoms with Gasteiger partial charge in [0.2, 0.25) is 0 Å². The number of aliphatic hydroxyl groups is 1. The summed E-state index contributed by atoms with van der Waals surface area (Å²) in [5.74, 6) is 0.0462. The van der Waals surface area contributed by atoms with Crippen molar-refractivity contribution in [3.8, 4) is 0 Å². The maximum atomic E-state index is 9.97. The Balaban J connectivity index is 2.18. The van der Waals surface area contributed by atoms with Crippen LogP contribution in [0.2, 0.25) is 5.82 Å². The van der Waals surface area contributed by atoms with E-state index in [4.69, 9.17) is 12.6 Å². The molecule has 0 aromatic heterocycles. The van der Waals surface area contributed by atoms with Crippen LogP contribution in [-0.4, -0.2) is 30.8 Å². The van der Waals surface area contributed by atoms with Crippen molar-refractivity contribution >= 4 is 7.85 Å². The third-order valence-corrected chi connectivity index (χ3v) is 2.85. The van der Waals surface area contributed by atoms with Gasteiger partial charge in [-0.2, -0.15) is 0 Å². The van der Waals surface area contributed by atoms with Crippen molar-refractivity contribution < 1.29 is 9.84 Å². The second-order valence-corrected chi connectivity index (χ2v) is 3.88. The fourth-order valence-corrected chi connectivity index (χ4v) is 2.35. The second-order valence-electron chi connectivity index (χ2n) is 3.88. The highest BCUT2D eigenvalue weighted by Crippen LogP contribution is 2.47. The SMILES string of the molecule is [B][C@@H]1CC[C@]2(O)C[C@@H](C)O[C@H]12. The van der Waals surface area contributed by atoms with Crippen molar-refractivity contribution in [3.05, 3.63) is 0 Å². The van der Waals surface area contributed by atoms with Gasteiger partial charge >= 0.3 is 0 Å². The number of hydrogen-bond donors (Lipinski definition) is 1. The minimum absolute atomic E-state index is 0.0462. The molecule has 2 rings (SSSR count). The van der Waals surface area contributed by atoms with Gasteiger partial charge in [-0.05, 0) is 19.2 Å². The van der Waals surface area contributed by atoms with Crippen molar-refractivity contribution in [1.82, 2.24) is 0 Å². The van der Waals surface area contributed by atoms with E-state index in [9.17, 15) is 5.11 Å². The lowest BCUT2D eigenvalue weighted by Gasteiger charge is -2.21. The molecule has 11 heavy (non-hydrogen) atoms. The molecule has 2 fully saturated rings. The molecule has 0 bridgehead atoms. The molecule has 1 heterocycles. The molecule has 0 unspecified atom stereocenters. The molecule has 4 atom stereocenters. The van der Waals surface area contributed by atoms with Gasteiger partial charge in [-0.15, -0.1) is 0 Å². The highest BCUT2D eigenvalue weighted by Gasteiger charge is 2.51. The van der Waals surface area contributed by atoms with Crippen molar-refractivity contribution in [1.29, 1.82) is 0 Å². The average Bonchev–Trinajstić information content (AvgIpc) is 2.32. The average molecular weight is 152 g/mol. The topological polar surface area (TPSA) is 29.5 Å². The number of hydrogen-bond acceptors (Lipinski definition) is 2. The summed E-state index contributed by atoms with van der Waals surface area (Å²) < 4.78 is 5.53. The van der Waals surface area contributed by atoms with Crippen LogP contribution in [0, 0.1) is 0 Å². The molecular weight excluding hydrogens is 139 g/mol. The lowest BCUT2D eigenvalue weighted by atomic mass is 9.82. The summed E-state index contributed by atoms with van der Waals surface area (Å²) in [5, 5.41) is 9.97. The van der Waals surface area contributed by atoms with E-state index in [0.29, 0.717) is 0 Å². The van der Waals surface area contributed by atoms with Gasteiger partial charge in [0, 0.05) is 6.42 Å². The van der Waals surface area contributed by atoms with Crippen LogP contribution in [0.5, 0.6) is 0 Å². The summed E-state index contributed by atoms with van der Waals surface area (Å²) >= 11 is 0. The number of fused-ring (bicyclic) bond motifs is 1. The van der Waals surface area contributed by atoms with E-state index in [2.05, 4.69) is 0 Å². The highest BCUT2D eigenvalue weighted by molar-refractivity contribution is 6.12. The number of rotatable bonds is 0. The Morgan fingerprint density at radius 1 is 1.64 bits per heavy atom. The van der Waals surface area contributed by atoms with Gasteiger partial charge < -0.3 is 9.84 Å². The molecule has 1 saturated heterocycles. The van der Waals surface area contributed by atoms with Crippen LogP contribution < -0.4 is 0 Å². The molecule has 60 valence electrons. The maximum absolute atomic E-state index is 9.97. The maximum Gasteiger partial charge on any atom is 0.0928 e. The minimum atomic E-state index is -0.598. The zero-order valence-electron chi connectivity index (χ0n) is 6.79. The third-order valence-electron chi connectivity index (χ3n) is 2.85. The quantitative estimate of drug-likeness (QED) is 0.516. The molecule has 0 spiro atoms. The summed E-state index contributed by atoms with van der Waals surface area (Å²) in [7, 11) is 5.78. The van der Waals surface area contributed by atoms with Gasteiger partial charge in [0.25, 0.3) is 0 Å². The fraction of sp³-hybridized carbons (Fsp3) is 1.00. The van der Waals surface area contributed by atoms with Crippen LogP contribution in [0.4, 0.5) is 0 Å². The van der Waals surface area contributed by atoms with Gasteiger partial charge in [-0.1, -0.05) is 6.42 Å². The summed E-state index contributed by atoms with van der Waals surface area (Å²) in [6, 6.07) is 0. The molecule has 3 heteroatoms. The van der Waals surface area contributed by atoms with E-state index >= 15 is 0 Å². The molecule has 1 aliphatic heterocycles. The first-order valence-electron chi connectivity index (χ1n) is 4.25. The zero-order valence-corrected chi connectivity index (χ0v) is 6.79. The Hall–Kier alpha value is -0.0151. The molecular formula is C8H13BO2. The molecule has 1 saturated carbocycles. The van der Waals surface area contributed by atoms with Gasteiger partial charge in [0.15, 0.2) is 0 Å². The van der Waals surface area contributed by atoms with E-state index in [1.54, 1.807) is 0 Å². The molecule has 1 N–H and O–H groups in total. The normalized spacial score (nSPS) is 56.4. The lowest BCUT2D eigenvalue weighted by Crippen LogP contribution is -2.33. The molecule has 0 aromatic carbocycles. The van der Waals surface area contributed by atoms with Crippen LogP contribution in [-0.2, 0) is 4.74 Å². The van der Waals surface area contributed by atoms with Crippen LogP contribution in [0.3, 0.4) is 0 Å². The molecule has 0 aromatic rings. The van der Waals surface area contributed by atoms with Gasteiger partial charge in [0.1, 0.15) is 0 Å². The van der Waals surface area contributed by atoms with Gasteiger partial charge in [-0.25, -0.2) is 0 Å². The van der Waals surface area contributed by atoms with Crippen molar-refractivity contribution in [2.24, 2.45) is 0 Å². The highest BCUT2D eigenvalue weighted by atomic mass is 16.5. The van der Waals surface area contributed by atoms with Crippen LogP contribution in [0.25, 0.3) is 0 Å². The predicted molar refractivity (Wildman–Crippen MR) is 42.6 cm³/mol. The molecule has 2 radical (unpaired) electrons. The van der Waals surface area contributed by atoms with Crippen molar-refractivity contribution in [2.45, 2.75) is 49.8 Å². The monoisotopic (exact) mass is 152 g/mol. The van der Waals surface area contributed by atoms with E-state index in [1.165, 1.54) is 0 Å². The second kappa shape index (κ2) is 2.24. The van der Waals surface area contributed by atoms with Crippen LogP contribution in [0.15, 0.2) is 0 Å². The lowest BCUT2D eigenvalue weighted by molar-refractivity contribution is -0.0229. The van der Waals surface area contributed by atoms with Crippen LogP contribution >= 0.6 is 0 Å². The third kappa shape index (κ3) is 1.02. The van der Waals surface area contributed by atoms with Gasteiger partial charge in [0.05, 0.1) is 25.7 Å². The van der Waals surface area contributed by atoms with Crippen molar-refractivity contribution in [2.75, 3.05) is 0 Å². The predicted octanol–water partition coefficient (Wildman–Crippen LogP) is 0.646. The molecule has 2 aliphatic rings. The Labute approximate surface area is 68.3 Å². The Bertz CT molecular complexity index is 173. The van der Waals surface area contributed by atoms with E-state index < -0.39 is 5.60 Å². The van der Waals surface area contributed by atoms with Gasteiger partial charge in [-0.3, -0.25) is 0 Å². The Kier molecular flexibility index (Phi) is 1.55. The summed E-state index contributed by atoms with van der Waals surface area (Å²) in [4.78, 5) is 0. The van der Waals surface area contributed by atoms with E-state index in [1.807, 2.05) is 6.92 Å². The Morgan fingerprint density at radius 3 is 3.00 bits per heavy atom. The first-order valence-corrected chi connectivity index (χ1v) is 4.25. The van der Waals surface area contributed by atoms with E-state index in [-0.39, 0.29) is 18.0 Å². The minimum Gasteiger partial charge on any atom is -0.387 e. The molecule has 1 aliphatic carbocycles. The van der Waals surface area contributed by atoms with E-state index in [0.717, 1.165) is 19.3 Å². The first kappa shape index (κ1) is 7.62. The standard InChI is InChI=1S/C8H13BO2/c1-5-4-8(10)3-2-6(9)7(8)11-5/h5-7,10H,2-4H2,1H3/t5-,6-,7-,8+/m1/s1. The summed E-state index contributed by atoms with van der Waals surface area (Å²) in [6.07, 6.45) is 2.54. The number of ether oxygens (including phenoxy) is 1. The summed E-state index contributed by atoms with van der Waals surface area (Å²) in [5.41, 5.74) is -0.598. The van der Waals surface area contributed by atoms with Crippen LogP contribution in [0.1, 0.15) is 26.2 Å². The Morgan fingerprint density at radius 2 is 2.36 bits per heavy atom.